The van der Waals surface area contributed by atoms with Gasteiger partial charge in [0.25, 0.3) is 5.91 Å². The summed E-state index contributed by atoms with van der Waals surface area (Å²) in [7, 11) is 4.91. The molecule has 6 aromatic rings. The van der Waals surface area contributed by atoms with E-state index in [1.807, 2.05) is 72.8 Å². The second-order valence-electron chi connectivity index (χ2n) is 11.8. The van der Waals surface area contributed by atoms with Gasteiger partial charge in [-0.05, 0) is 122 Å². The van der Waals surface area contributed by atoms with Gasteiger partial charge in [0.15, 0.2) is 5.78 Å². The van der Waals surface area contributed by atoms with Gasteiger partial charge in [-0.2, -0.15) is 0 Å². The van der Waals surface area contributed by atoms with Gasteiger partial charge in [-0.1, -0.05) is 42.0 Å². The first-order valence-electron chi connectivity index (χ1n) is 16.4. The van der Waals surface area contributed by atoms with E-state index in [1.165, 1.54) is 5.56 Å². The number of ether oxygens (including phenoxy) is 2. The molecular formula is C43H39N3O4. The molecule has 1 N–H and O–H groups in total. The minimum Gasteiger partial charge on any atom is -0.497 e. The smallest absolute Gasteiger partial charge is 0.251 e. The molecule has 0 fully saturated rings. The van der Waals surface area contributed by atoms with Gasteiger partial charge in [-0.15, -0.1) is 0 Å². The van der Waals surface area contributed by atoms with Crippen LogP contribution in [0.1, 0.15) is 31.8 Å². The van der Waals surface area contributed by atoms with Gasteiger partial charge in [-0.3, -0.25) is 9.59 Å². The number of carbonyl (C=O) groups is 2. The number of aryl methyl sites for hydroxylation is 1. The Morgan fingerprint density at radius 3 is 1.22 bits per heavy atom. The van der Waals surface area contributed by atoms with Gasteiger partial charge in [-0.25, -0.2) is 0 Å². The molecule has 0 aliphatic carbocycles. The molecule has 0 saturated heterocycles. The Kier molecular flexibility index (Phi) is 10.2. The van der Waals surface area contributed by atoms with E-state index in [1.54, 1.807) is 45.5 Å². The lowest BCUT2D eigenvalue weighted by Crippen LogP contribution is -2.17. The Labute approximate surface area is 293 Å². The van der Waals surface area contributed by atoms with Crippen LogP contribution in [0.4, 0.5) is 34.1 Å². The number of methoxy groups -OCH3 is 2. The predicted octanol–water partition coefficient (Wildman–Crippen LogP) is 9.74. The van der Waals surface area contributed by atoms with Crippen LogP contribution in [0.15, 0.2) is 146 Å². The fourth-order valence-electron chi connectivity index (χ4n) is 5.80. The second kappa shape index (κ2) is 15.3. The van der Waals surface area contributed by atoms with Gasteiger partial charge in [0.05, 0.1) is 14.2 Å². The summed E-state index contributed by atoms with van der Waals surface area (Å²) in [6.45, 7) is 2.08. The maximum Gasteiger partial charge on any atom is 0.251 e. The monoisotopic (exact) mass is 661 g/mol. The third kappa shape index (κ3) is 7.53. The molecule has 0 saturated carbocycles. The van der Waals surface area contributed by atoms with E-state index < -0.39 is 0 Å². The third-order valence-corrected chi connectivity index (χ3v) is 8.57. The van der Waals surface area contributed by atoms with E-state index in [-0.39, 0.29) is 18.1 Å². The van der Waals surface area contributed by atoms with Gasteiger partial charge in [0.1, 0.15) is 11.5 Å². The molecule has 0 heterocycles. The molecule has 0 bridgehead atoms. The Morgan fingerprint density at radius 1 is 0.500 bits per heavy atom. The lowest BCUT2D eigenvalue weighted by molar-refractivity contribution is 0.0959. The van der Waals surface area contributed by atoms with Crippen LogP contribution in [0.25, 0.3) is 0 Å². The van der Waals surface area contributed by atoms with Crippen molar-refractivity contribution in [2.24, 2.45) is 0 Å². The highest BCUT2D eigenvalue weighted by molar-refractivity contribution is 5.99. The number of hydrogen-bond acceptors (Lipinski definition) is 6. The number of anilines is 6. The van der Waals surface area contributed by atoms with Crippen molar-refractivity contribution >= 4 is 45.8 Å². The van der Waals surface area contributed by atoms with Gasteiger partial charge in [0, 0.05) is 58.7 Å². The number of rotatable bonds is 12. The number of carbonyl (C=O) groups excluding carboxylic acids is 2. The minimum absolute atomic E-state index is 0.00883. The molecule has 1 amide bonds. The molecule has 0 atom stereocenters. The van der Waals surface area contributed by atoms with Crippen LogP contribution >= 0.6 is 0 Å². The normalized spacial score (nSPS) is 10.6. The number of amides is 1. The zero-order valence-electron chi connectivity index (χ0n) is 28.6. The number of benzene rings is 6. The Hall–Kier alpha value is -6.34. The number of Topliss-reactive ketones (excluding diaryl/α,β-unsaturated/α-hetero) is 1. The van der Waals surface area contributed by atoms with E-state index in [9.17, 15) is 9.59 Å². The van der Waals surface area contributed by atoms with Crippen LogP contribution < -0.4 is 24.6 Å². The molecular weight excluding hydrogens is 622 g/mol. The van der Waals surface area contributed by atoms with Crippen molar-refractivity contribution in [1.29, 1.82) is 0 Å². The molecule has 0 aliphatic heterocycles. The maximum absolute atomic E-state index is 13.1. The molecule has 6 aromatic carbocycles. The van der Waals surface area contributed by atoms with E-state index >= 15 is 0 Å². The number of hydrogen-bond donors (Lipinski definition) is 1. The SMILES string of the molecule is CNC(=O)c1ccc(C(=O)Cc2ccc(N(c3ccc(C)cc3)c3ccc(N(c4ccc(OC)cc4)c4ccc(OC)cc4)cc3)cc2)cc1. The Morgan fingerprint density at radius 2 is 0.840 bits per heavy atom. The highest BCUT2D eigenvalue weighted by Gasteiger charge is 2.17. The van der Waals surface area contributed by atoms with E-state index in [4.69, 9.17) is 9.47 Å². The second-order valence-corrected chi connectivity index (χ2v) is 11.8. The lowest BCUT2D eigenvalue weighted by atomic mass is 10.0. The Bertz CT molecular complexity index is 1990. The third-order valence-electron chi connectivity index (χ3n) is 8.57. The quantitative estimate of drug-likeness (QED) is 0.132. The summed E-state index contributed by atoms with van der Waals surface area (Å²) >= 11 is 0. The molecule has 0 radical (unpaired) electrons. The minimum atomic E-state index is -0.181. The number of nitrogens with zero attached hydrogens (tertiary/aromatic N) is 2. The van der Waals surface area contributed by atoms with Crippen molar-refractivity contribution in [2.45, 2.75) is 13.3 Å². The number of ketones is 1. The fourth-order valence-corrected chi connectivity index (χ4v) is 5.80. The predicted molar refractivity (Wildman–Crippen MR) is 202 cm³/mol. The molecule has 0 aromatic heterocycles. The van der Waals surface area contributed by atoms with Crippen molar-refractivity contribution < 1.29 is 19.1 Å². The van der Waals surface area contributed by atoms with Crippen molar-refractivity contribution in [3.63, 3.8) is 0 Å². The molecule has 6 rings (SSSR count). The summed E-state index contributed by atoms with van der Waals surface area (Å²) in [5.41, 5.74) is 9.12. The standard InChI is InChI=1S/C43H39N3O4/c1-30-5-13-34(14-6-30)45(35-15-7-31(8-16-35)29-42(47)32-9-11-33(12-10-32)43(48)44-2)36-17-19-37(20-18-36)46(38-21-25-40(49-3)26-22-38)39-23-27-41(50-4)28-24-39/h5-28H,29H2,1-4H3,(H,44,48). The highest BCUT2D eigenvalue weighted by atomic mass is 16.5. The van der Waals surface area contributed by atoms with Crippen molar-refractivity contribution in [1.82, 2.24) is 5.32 Å². The summed E-state index contributed by atoms with van der Waals surface area (Å²) in [4.78, 5) is 29.4. The molecule has 7 heteroatoms. The van der Waals surface area contributed by atoms with Crippen LogP contribution in [0.2, 0.25) is 0 Å². The average Bonchev–Trinajstić information content (AvgIpc) is 3.17. The fraction of sp³-hybridized carbons (Fsp3) is 0.116. The molecule has 250 valence electrons. The first-order valence-corrected chi connectivity index (χ1v) is 16.4. The maximum atomic E-state index is 13.1. The van der Waals surface area contributed by atoms with Crippen LogP contribution in [0.5, 0.6) is 11.5 Å². The summed E-state index contributed by atoms with van der Waals surface area (Å²) < 4.78 is 10.8. The summed E-state index contributed by atoms with van der Waals surface area (Å²) in [6, 6.07) is 47.8. The van der Waals surface area contributed by atoms with E-state index in [0.29, 0.717) is 11.1 Å². The van der Waals surface area contributed by atoms with Gasteiger partial charge >= 0.3 is 0 Å². The summed E-state index contributed by atoms with van der Waals surface area (Å²) in [5, 5.41) is 2.60. The van der Waals surface area contributed by atoms with Crippen LogP contribution in [-0.2, 0) is 6.42 Å². The van der Waals surface area contributed by atoms with E-state index in [2.05, 4.69) is 70.6 Å². The van der Waals surface area contributed by atoms with Gasteiger partial charge < -0.3 is 24.6 Å². The van der Waals surface area contributed by atoms with Crippen LogP contribution in [0.3, 0.4) is 0 Å². The average molecular weight is 662 g/mol. The highest BCUT2D eigenvalue weighted by Crippen LogP contribution is 2.40. The zero-order valence-corrected chi connectivity index (χ0v) is 28.6. The summed E-state index contributed by atoms with van der Waals surface area (Å²) in [5.74, 6) is 1.39. The van der Waals surface area contributed by atoms with Crippen LogP contribution in [-0.4, -0.2) is 33.0 Å². The van der Waals surface area contributed by atoms with Crippen molar-refractivity contribution in [3.05, 3.63) is 168 Å². The molecule has 0 spiro atoms. The van der Waals surface area contributed by atoms with Crippen molar-refractivity contribution in [2.75, 3.05) is 31.1 Å². The largest absolute Gasteiger partial charge is 0.497 e. The Balaban J connectivity index is 1.30. The number of nitrogens with one attached hydrogen (secondary N) is 1. The summed E-state index contributed by atoms with van der Waals surface area (Å²) in [6.07, 6.45) is 0.255. The van der Waals surface area contributed by atoms with E-state index in [0.717, 1.165) is 51.2 Å². The molecule has 0 unspecified atom stereocenters. The molecule has 7 nitrogen and oxygen atoms in total. The lowest BCUT2D eigenvalue weighted by Gasteiger charge is -2.28. The first-order chi connectivity index (χ1) is 24.4. The molecule has 50 heavy (non-hydrogen) atoms. The van der Waals surface area contributed by atoms with Crippen LogP contribution in [0, 0.1) is 6.92 Å². The molecule has 0 aliphatic rings. The zero-order chi connectivity index (χ0) is 35.0. The topological polar surface area (TPSA) is 71.1 Å². The van der Waals surface area contributed by atoms with Crippen molar-refractivity contribution in [3.8, 4) is 11.5 Å². The van der Waals surface area contributed by atoms with Gasteiger partial charge in [0.2, 0.25) is 0 Å². The first kappa shape index (κ1) is 33.6.